The van der Waals surface area contributed by atoms with Crippen molar-refractivity contribution in [2.45, 2.75) is 5.41 Å². The molecule has 27 heavy (non-hydrogen) atoms. The van der Waals surface area contributed by atoms with Crippen LogP contribution in [-0.4, -0.2) is 22.6 Å². The number of rotatable bonds is 3. The normalized spacial score (nSPS) is 18.5. The van der Waals surface area contributed by atoms with Gasteiger partial charge in [-0.25, -0.2) is 0 Å². The first-order chi connectivity index (χ1) is 13.2. The van der Waals surface area contributed by atoms with Crippen LogP contribution in [-0.2, 0) is 17.3 Å². The van der Waals surface area contributed by atoms with Crippen molar-refractivity contribution in [3.63, 3.8) is 0 Å². The first-order valence-corrected chi connectivity index (χ1v) is 8.84. The second-order valence-corrected chi connectivity index (χ2v) is 6.87. The van der Waals surface area contributed by atoms with E-state index in [1.807, 2.05) is 78.6 Å². The minimum atomic E-state index is -0.931. The molecule has 1 aliphatic heterocycles. The number of fused-ring (bicyclic) bond motifs is 2. The zero-order chi connectivity index (χ0) is 18.6. The molecule has 1 aliphatic rings. The summed E-state index contributed by atoms with van der Waals surface area (Å²) in [7, 11) is 3.62. The molecule has 0 aliphatic carbocycles. The molecule has 2 aromatic carbocycles. The summed E-state index contributed by atoms with van der Waals surface area (Å²) >= 11 is 0. The maximum atomic E-state index is 13.5. The van der Waals surface area contributed by atoms with Crippen LogP contribution in [0.3, 0.4) is 0 Å². The van der Waals surface area contributed by atoms with Crippen LogP contribution >= 0.6 is 0 Å². The molecule has 0 saturated carbocycles. The number of benzene rings is 2. The van der Waals surface area contributed by atoms with Crippen LogP contribution in [0.1, 0.15) is 16.8 Å². The molecule has 4 aromatic rings. The van der Waals surface area contributed by atoms with Crippen LogP contribution < -0.4 is 10.1 Å². The fraction of sp³-hybridized carbons (Fsp3) is 0.136. The maximum absolute atomic E-state index is 13.5. The molecule has 134 valence electrons. The summed E-state index contributed by atoms with van der Waals surface area (Å²) in [5, 5.41) is 4.06. The lowest BCUT2D eigenvalue weighted by molar-refractivity contribution is -0.118. The fourth-order valence-electron chi connectivity index (χ4n) is 4.30. The second kappa shape index (κ2) is 5.51. The van der Waals surface area contributed by atoms with Gasteiger partial charge < -0.3 is 19.6 Å². The average Bonchev–Trinajstić information content (AvgIpc) is 3.37. The Morgan fingerprint density at radius 1 is 1.04 bits per heavy atom. The molecular formula is C22H19N3O2. The SMILES string of the molecule is COc1ccc2[nH]cc(C3(c4cccn4C)C(=O)Nc4ccccc43)c2c1. The molecule has 5 nitrogen and oxygen atoms in total. The molecule has 3 heterocycles. The van der Waals surface area contributed by atoms with Crippen molar-refractivity contribution in [2.75, 3.05) is 12.4 Å². The summed E-state index contributed by atoms with van der Waals surface area (Å²) in [5.41, 5.74) is 3.69. The van der Waals surface area contributed by atoms with Gasteiger partial charge in [-0.3, -0.25) is 4.79 Å². The molecule has 1 amide bonds. The van der Waals surface area contributed by atoms with E-state index in [1.54, 1.807) is 7.11 Å². The molecule has 2 N–H and O–H groups in total. The molecule has 5 heteroatoms. The van der Waals surface area contributed by atoms with Crippen LogP contribution in [0.25, 0.3) is 10.9 Å². The molecular weight excluding hydrogens is 338 g/mol. The van der Waals surface area contributed by atoms with E-state index in [-0.39, 0.29) is 5.91 Å². The van der Waals surface area contributed by atoms with Gasteiger partial charge in [0.05, 0.1) is 7.11 Å². The summed E-state index contributed by atoms with van der Waals surface area (Å²) in [6.07, 6.45) is 3.92. The highest BCUT2D eigenvalue weighted by molar-refractivity contribution is 6.13. The molecule has 0 spiro atoms. The number of hydrogen-bond donors (Lipinski definition) is 2. The fourth-order valence-corrected chi connectivity index (χ4v) is 4.30. The van der Waals surface area contributed by atoms with Crippen molar-refractivity contribution >= 4 is 22.5 Å². The molecule has 2 aromatic heterocycles. The molecule has 1 unspecified atom stereocenters. The van der Waals surface area contributed by atoms with Crippen molar-refractivity contribution in [1.82, 2.24) is 9.55 Å². The molecule has 0 saturated heterocycles. The van der Waals surface area contributed by atoms with Crippen LogP contribution in [0, 0.1) is 0 Å². The van der Waals surface area contributed by atoms with E-state index in [1.165, 1.54) is 0 Å². The van der Waals surface area contributed by atoms with Crippen molar-refractivity contribution < 1.29 is 9.53 Å². The predicted octanol–water partition coefficient (Wildman–Crippen LogP) is 3.80. The van der Waals surface area contributed by atoms with Crippen molar-refractivity contribution in [3.8, 4) is 5.75 Å². The predicted molar refractivity (Wildman–Crippen MR) is 105 cm³/mol. The van der Waals surface area contributed by atoms with Gasteiger partial charge in [0.15, 0.2) is 0 Å². The zero-order valence-corrected chi connectivity index (χ0v) is 15.1. The van der Waals surface area contributed by atoms with E-state index in [0.717, 1.165) is 39.2 Å². The van der Waals surface area contributed by atoms with Gasteiger partial charge in [-0.1, -0.05) is 18.2 Å². The number of amides is 1. The molecule has 1 atom stereocenters. The number of nitrogens with one attached hydrogen (secondary N) is 2. The Kier molecular flexibility index (Phi) is 3.22. The molecule has 0 bridgehead atoms. The van der Waals surface area contributed by atoms with Gasteiger partial charge in [-0.2, -0.15) is 0 Å². The summed E-state index contributed by atoms with van der Waals surface area (Å²) in [6, 6.07) is 17.8. The molecule has 0 radical (unpaired) electrons. The Balaban J connectivity index is 1.92. The van der Waals surface area contributed by atoms with Crippen molar-refractivity contribution in [1.29, 1.82) is 0 Å². The summed E-state index contributed by atoms with van der Waals surface area (Å²) in [6.45, 7) is 0. The van der Waals surface area contributed by atoms with E-state index < -0.39 is 5.41 Å². The number of aryl methyl sites for hydroxylation is 1. The summed E-state index contributed by atoms with van der Waals surface area (Å²) in [4.78, 5) is 16.9. The van der Waals surface area contributed by atoms with E-state index in [4.69, 9.17) is 4.74 Å². The van der Waals surface area contributed by atoms with Gasteiger partial charge in [0.2, 0.25) is 5.91 Å². The quantitative estimate of drug-likeness (QED) is 0.586. The number of methoxy groups -OCH3 is 1. The smallest absolute Gasteiger partial charge is 0.245 e. The number of ether oxygens (including phenoxy) is 1. The number of H-pyrrole nitrogens is 1. The third-order valence-corrected chi connectivity index (χ3v) is 5.54. The van der Waals surface area contributed by atoms with Gasteiger partial charge in [0, 0.05) is 52.9 Å². The van der Waals surface area contributed by atoms with Crippen LogP contribution in [0.5, 0.6) is 5.75 Å². The molecule has 5 rings (SSSR count). The lowest BCUT2D eigenvalue weighted by Crippen LogP contribution is -2.38. The van der Waals surface area contributed by atoms with Gasteiger partial charge in [0.25, 0.3) is 0 Å². The van der Waals surface area contributed by atoms with E-state index in [9.17, 15) is 4.79 Å². The number of carbonyl (C=O) groups is 1. The molecule has 0 fully saturated rings. The standard InChI is InChI=1S/C22H19N3O2/c1-25-11-5-8-20(25)22(16-6-3-4-7-19(16)24-21(22)26)17-13-23-18-10-9-14(27-2)12-15(17)18/h3-13,23H,1-2H3,(H,24,26). The summed E-state index contributed by atoms with van der Waals surface area (Å²) in [5.74, 6) is 0.714. The number of aromatic amines is 1. The number of hydrogen-bond acceptors (Lipinski definition) is 2. The Hall–Kier alpha value is -3.47. The number of para-hydroxylation sites is 1. The van der Waals surface area contributed by atoms with Crippen LogP contribution in [0.4, 0.5) is 5.69 Å². The average molecular weight is 357 g/mol. The lowest BCUT2D eigenvalue weighted by atomic mass is 9.72. The zero-order valence-electron chi connectivity index (χ0n) is 15.1. The topological polar surface area (TPSA) is 59.0 Å². The minimum absolute atomic E-state index is 0.0470. The maximum Gasteiger partial charge on any atom is 0.245 e. The Bertz CT molecular complexity index is 1190. The lowest BCUT2D eigenvalue weighted by Gasteiger charge is -2.28. The Morgan fingerprint density at radius 3 is 2.67 bits per heavy atom. The van der Waals surface area contributed by atoms with E-state index in [0.29, 0.717) is 0 Å². The third kappa shape index (κ3) is 1.96. The third-order valence-electron chi connectivity index (χ3n) is 5.54. The second-order valence-electron chi connectivity index (χ2n) is 6.87. The Labute approximate surface area is 156 Å². The Morgan fingerprint density at radius 2 is 1.89 bits per heavy atom. The minimum Gasteiger partial charge on any atom is -0.497 e. The van der Waals surface area contributed by atoms with E-state index in [2.05, 4.69) is 10.3 Å². The van der Waals surface area contributed by atoms with E-state index >= 15 is 0 Å². The first kappa shape index (κ1) is 15.8. The largest absolute Gasteiger partial charge is 0.497 e. The van der Waals surface area contributed by atoms with Gasteiger partial charge >= 0.3 is 0 Å². The van der Waals surface area contributed by atoms with Crippen LogP contribution in [0.15, 0.2) is 67.0 Å². The van der Waals surface area contributed by atoms with Crippen LogP contribution in [0.2, 0.25) is 0 Å². The highest BCUT2D eigenvalue weighted by atomic mass is 16.5. The highest BCUT2D eigenvalue weighted by Crippen LogP contribution is 2.49. The summed E-state index contributed by atoms with van der Waals surface area (Å²) < 4.78 is 7.45. The number of anilines is 1. The number of aromatic nitrogens is 2. The number of carbonyl (C=O) groups excluding carboxylic acids is 1. The van der Waals surface area contributed by atoms with Gasteiger partial charge in [0.1, 0.15) is 11.2 Å². The van der Waals surface area contributed by atoms with Crippen molar-refractivity contribution in [3.05, 3.63) is 83.8 Å². The first-order valence-electron chi connectivity index (χ1n) is 8.84. The van der Waals surface area contributed by atoms with Gasteiger partial charge in [-0.15, -0.1) is 0 Å². The van der Waals surface area contributed by atoms with Crippen molar-refractivity contribution in [2.24, 2.45) is 7.05 Å². The highest BCUT2D eigenvalue weighted by Gasteiger charge is 2.52. The number of nitrogens with zero attached hydrogens (tertiary/aromatic N) is 1. The monoisotopic (exact) mass is 357 g/mol. The van der Waals surface area contributed by atoms with Gasteiger partial charge in [-0.05, 0) is 36.4 Å².